The van der Waals surface area contributed by atoms with Gasteiger partial charge in [-0.1, -0.05) is 12.1 Å². The van der Waals surface area contributed by atoms with Gasteiger partial charge < -0.3 is 20.9 Å². The van der Waals surface area contributed by atoms with Crippen LogP contribution in [0.3, 0.4) is 0 Å². The number of hydrogen-bond acceptors (Lipinski definition) is 2. The molecule has 1 aromatic carbocycles. The Hall–Kier alpha value is -2.50. The molecule has 2 aromatic rings. The molecule has 142 valence electrons. The lowest BCUT2D eigenvalue weighted by molar-refractivity contribution is -0.121. The Balaban J connectivity index is 1.93. The molecule has 1 aromatic heterocycles. The molecule has 0 saturated carbocycles. The number of H-pyrrole nitrogens is 1. The lowest BCUT2D eigenvalue weighted by Crippen LogP contribution is -2.43. The highest BCUT2D eigenvalue weighted by molar-refractivity contribution is 5.87. The van der Waals surface area contributed by atoms with Gasteiger partial charge >= 0.3 is 0 Å². The highest BCUT2D eigenvalue weighted by atomic mass is 16.2. The van der Waals surface area contributed by atoms with Crippen LogP contribution in [0.15, 0.2) is 29.4 Å². The zero-order valence-electron chi connectivity index (χ0n) is 16.5. The topological polar surface area (TPSA) is 81.3 Å². The number of nitrogens with one attached hydrogen (secondary N) is 4. The standard InChI is InChI=1S/C20H31N5O/c1-6-21-19(24-13-17(26)25-20(3,4)5)22-11-10-15-12-23-16-9-7-8-14(2)18(15)16/h7-9,12,23H,6,10-11,13H2,1-5H3,(H,25,26)(H2,21,22,24). The van der Waals surface area contributed by atoms with Gasteiger partial charge in [0.25, 0.3) is 0 Å². The lowest BCUT2D eigenvalue weighted by atomic mass is 10.1. The van der Waals surface area contributed by atoms with Gasteiger partial charge in [0.05, 0.1) is 0 Å². The highest BCUT2D eigenvalue weighted by Gasteiger charge is 2.13. The average molecular weight is 358 g/mol. The van der Waals surface area contributed by atoms with Crippen LogP contribution in [-0.2, 0) is 11.2 Å². The van der Waals surface area contributed by atoms with Crippen LogP contribution in [0.2, 0.25) is 0 Å². The number of aromatic amines is 1. The first-order chi connectivity index (χ1) is 12.3. The summed E-state index contributed by atoms with van der Waals surface area (Å²) in [5.74, 6) is 0.579. The van der Waals surface area contributed by atoms with Crippen molar-refractivity contribution in [3.63, 3.8) is 0 Å². The van der Waals surface area contributed by atoms with Gasteiger partial charge in [0.15, 0.2) is 5.96 Å². The molecule has 0 aliphatic carbocycles. The van der Waals surface area contributed by atoms with Crippen molar-refractivity contribution in [1.82, 2.24) is 20.9 Å². The third-order valence-corrected chi connectivity index (χ3v) is 3.92. The number of hydrogen-bond donors (Lipinski definition) is 4. The van der Waals surface area contributed by atoms with Crippen LogP contribution >= 0.6 is 0 Å². The predicted octanol–water partition coefficient (Wildman–Crippen LogP) is 2.49. The zero-order valence-corrected chi connectivity index (χ0v) is 16.5. The maximum absolute atomic E-state index is 11.9. The normalized spacial score (nSPS) is 12.3. The van der Waals surface area contributed by atoms with Crippen molar-refractivity contribution >= 4 is 22.8 Å². The van der Waals surface area contributed by atoms with E-state index in [0.717, 1.165) is 19.5 Å². The molecule has 6 nitrogen and oxygen atoms in total. The van der Waals surface area contributed by atoms with E-state index in [1.807, 2.05) is 27.7 Å². The van der Waals surface area contributed by atoms with E-state index in [0.29, 0.717) is 5.96 Å². The number of carbonyl (C=O) groups is 1. The Morgan fingerprint density at radius 3 is 2.69 bits per heavy atom. The zero-order chi connectivity index (χ0) is 19.2. The van der Waals surface area contributed by atoms with Crippen molar-refractivity contribution in [1.29, 1.82) is 0 Å². The number of aliphatic imine (C=N–C) groups is 1. The lowest BCUT2D eigenvalue weighted by Gasteiger charge is -2.20. The van der Waals surface area contributed by atoms with Crippen molar-refractivity contribution in [2.24, 2.45) is 4.99 Å². The molecule has 0 atom stereocenters. The van der Waals surface area contributed by atoms with E-state index < -0.39 is 0 Å². The Morgan fingerprint density at radius 1 is 1.23 bits per heavy atom. The van der Waals surface area contributed by atoms with Gasteiger partial charge in [-0.15, -0.1) is 0 Å². The van der Waals surface area contributed by atoms with E-state index in [9.17, 15) is 4.79 Å². The van der Waals surface area contributed by atoms with Gasteiger partial charge in [0.1, 0.15) is 6.54 Å². The van der Waals surface area contributed by atoms with Crippen molar-refractivity contribution in [3.05, 3.63) is 35.5 Å². The monoisotopic (exact) mass is 357 g/mol. The first-order valence-corrected chi connectivity index (χ1v) is 9.19. The van der Waals surface area contributed by atoms with E-state index >= 15 is 0 Å². The van der Waals surface area contributed by atoms with E-state index in [2.05, 4.69) is 57.2 Å². The highest BCUT2D eigenvalue weighted by Crippen LogP contribution is 2.22. The van der Waals surface area contributed by atoms with Crippen molar-refractivity contribution < 1.29 is 4.79 Å². The number of guanidine groups is 1. The Morgan fingerprint density at radius 2 is 2.00 bits per heavy atom. The molecule has 0 unspecified atom stereocenters. The summed E-state index contributed by atoms with van der Waals surface area (Å²) in [6.45, 7) is 11.6. The molecule has 0 spiro atoms. The molecule has 6 heteroatoms. The summed E-state index contributed by atoms with van der Waals surface area (Å²) in [5.41, 5.74) is 3.48. The van der Waals surface area contributed by atoms with E-state index in [1.54, 1.807) is 0 Å². The number of aromatic nitrogens is 1. The molecule has 1 amide bonds. The van der Waals surface area contributed by atoms with Crippen LogP contribution in [0.4, 0.5) is 0 Å². The maximum Gasteiger partial charge on any atom is 0.242 e. The summed E-state index contributed by atoms with van der Waals surface area (Å²) >= 11 is 0. The molecule has 0 aliphatic rings. The fourth-order valence-electron chi connectivity index (χ4n) is 2.91. The largest absolute Gasteiger partial charge is 0.361 e. The molecule has 0 radical (unpaired) electrons. The molecule has 0 saturated heterocycles. The molecule has 0 bridgehead atoms. The molecule has 4 N–H and O–H groups in total. The SMILES string of the molecule is CCNC(=NCC(=O)NC(C)(C)C)NCCc1c[nH]c2cccc(C)c12. The first kappa shape index (κ1) is 19.8. The third-order valence-electron chi connectivity index (χ3n) is 3.92. The van der Waals surface area contributed by atoms with Crippen molar-refractivity contribution in [2.45, 2.75) is 46.6 Å². The first-order valence-electron chi connectivity index (χ1n) is 9.19. The molecular weight excluding hydrogens is 326 g/mol. The molecule has 2 rings (SSSR count). The van der Waals surface area contributed by atoms with Gasteiger partial charge in [0, 0.05) is 35.7 Å². The number of fused-ring (bicyclic) bond motifs is 1. The molecule has 26 heavy (non-hydrogen) atoms. The Bertz CT molecular complexity index is 770. The minimum atomic E-state index is -0.244. The van der Waals surface area contributed by atoms with Gasteiger partial charge in [-0.05, 0) is 58.2 Å². The van der Waals surface area contributed by atoms with Crippen LogP contribution in [0.5, 0.6) is 0 Å². The summed E-state index contributed by atoms with van der Waals surface area (Å²) in [5, 5.41) is 10.7. The minimum Gasteiger partial charge on any atom is -0.361 e. The van der Waals surface area contributed by atoms with Crippen LogP contribution < -0.4 is 16.0 Å². The summed E-state index contributed by atoms with van der Waals surface area (Å²) in [7, 11) is 0. The average Bonchev–Trinajstić information content (AvgIpc) is 2.95. The molecule has 0 fully saturated rings. The fourth-order valence-corrected chi connectivity index (χ4v) is 2.91. The van der Waals surface area contributed by atoms with Crippen molar-refractivity contribution in [3.8, 4) is 0 Å². The number of nitrogens with zero attached hydrogens (tertiary/aromatic N) is 1. The van der Waals surface area contributed by atoms with Crippen LogP contribution in [0.1, 0.15) is 38.8 Å². The smallest absolute Gasteiger partial charge is 0.242 e. The van der Waals surface area contributed by atoms with Crippen LogP contribution in [0, 0.1) is 6.92 Å². The number of rotatable bonds is 6. The van der Waals surface area contributed by atoms with Gasteiger partial charge in [-0.25, -0.2) is 4.99 Å². The van der Waals surface area contributed by atoms with E-state index in [4.69, 9.17) is 0 Å². The number of benzene rings is 1. The van der Waals surface area contributed by atoms with Crippen LogP contribution in [-0.4, -0.2) is 42.0 Å². The number of carbonyl (C=O) groups excluding carboxylic acids is 1. The van der Waals surface area contributed by atoms with E-state index in [-0.39, 0.29) is 18.0 Å². The van der Waals surface area contributed by atoms with E-state index in [1.165, 1.54) is 22.0 Å². The summed E-state index contributed by atoms with van der Waals surface area (Å²) in [4.78, 5) is 19.6. The van der Waals surface area contributed by atoms with Gasteiger partial charge in [-0.2, -0.15) is 0 Å². The summed E-state index contributed by atoms with van der Waals surface area (Å²) in [6.07, 6.45) is 2.95. The Kier molecular flexibility index (Phi) is 6.66. The minimum absolute atomic E-state index is 0.0815. The second-order valence-electron chi connectivity index (χ2n) is 7.48. The molecule has 0 aliphatic heterocycles. The second-order valence-corrected chi connectivity index (χ2v) is 7.48. The van der Waals surface area contributed by atoms with Crippen LogP contribution in [0.25, 0.3) is 10.9 Å². The fraction of sp³-hybridized carbons (Fsp3) is 0.500. The quantitative estimate of drug-likeness (QED) is 0.474. The van der Waals surface area contributed by atoms with Crippen molar-refractivity contribution in [2.75, 3.05) is 19.6 Å². The van der Waals surface area contributed by atoms with Gasteiger partial charge in [0.2, 0.25) is 5.91 Å². The predicted molar refractivity (Wildman–Crippen MR) is 109 cm³/mol. The molecular formula is C20H31N5O. The number of amides is 1. The third kappa shape index (κ3) is 5.79. The van der Waals surface area contributed by atoms with Gasteiger partial charge in [-0.3, -0.25) is 4.79 Å². The maximum atomic E-state index is 11.9. The summed E-state index contributed by atoms with van der Waals surface area (Å²) < 4.78 is 0. The molecule has 1 heterocycles. The number of aryl methyl sites for hydroxylation is 1. The summed E-state index contributed by atoms with van der Waals surface area (Å²) in [6, 6.07) is 6.29. The Labute approximate surface area is 155 Å². The second kappa shape index (κ2) is 8.74.